The Labute approximate surface area is 180 Å². The van der Waals surface area contributed by atoms with Gasteiger partial charge in [-0.25, -0.2) is 4.79 Å². The molecule has 0 radical (unpaired) electrons. The number of urea groups is 1. The Morgan fingerprint density at radius 2 is 1.81 bits per heavy atom. The maximum Gasteiger partial charge on any atom is 0.325 e. The lowest BCUT2D eigenvalue weighted by molar-refractivity contribution is -0.133. The molecule has 2 aliphatic rings. The number of ketones is 1. The highest BCUT2D eigenvalue weighted by atomic mass is 16.2. The van der Waals surface area contributed by atoms with Crippen LogP contribution in [-0.2, 0) is 4.79 Å². The van der Waals surface area contributed by atoms with E-state index in [4.69, 9.17) is 0 Å². The molecule has 1 saturated carbocycles. The number of fused-ring (bicyclic) bond motifs is 1. The van der Waals surface area contributed by atoms with Crippen LogP contribution < -0.4 is 5.32 Å². The van der Waals surface area contributed by atoms with Gasteiger partial charge in [-0.05, 0) is 30.4 Å². The number of imide groups is 1. The number of carbonyl (C=O) groups is 3. The van der Waals surface area contributed by atoms with Crippen LogP contribution in [0, 0.1) is 5.92 Å². The van der Waals surface area contributed by atoms with Gasteiger partial charge in [0.05, 0.1) is 17.8 Å². The monoisotopic (exact) mass is 415 g/mol. The van der Waals surface area contributed by atoms with E-state index in [-0.39, 0.29) is 24.2 Å². The van der Waals surface area contributed by atoms with E-state index in [1.165, 1.54) is 0 Å². The molecule has 1 aliphatic carbocycles. The topological polar surface area (TPSA) is 82.3 Å². The minimum absolute atomic E-state index is 0.0609. The number of aromatic amines is 1. The van der Waals surface area contributed by atoms with Crippen molar-refractivity contribution in [3.63, 3.8) is 0 Å². The molecule has 2 N–H and O–H groups in total. The van der Waals surface area contributed by atoms with Gasteiger partial charge in [0, 0.05) is 10.9 Å². The molecule has 1 saturated heterocycles. The Kier molecular flexibility index (Phi) is 4.65. The number of H-pyrrole nitrogens is 1. The number of rotatable bonds is 4. The molecule has 31 heavy (non-hydrogen) atoms. The van der Waals surface area contributed by atoms with Crippen LogP contribution in [0.1, 0.15) is 43.0 Å². The van der Waals surface area contributed by atoms with Crippen molar-refractivity contribution in [2.45, 2.75) is 38.1 Å². The molecule has 1 aliphatic heterocycles. The minimum Gasteiger partial charge on any atom is -0.354 e. The maximum absolute atomic E-state index is 13.5. The summed E-state index contributed by atoms with van der Waals surface area (Å²) in [5, 5.41) is 3.72. The summed E-state index contributed by atoms with van der Waals surface area (Å²) in [5.74, 6) is -0.453. The normalized spacial score (nSPS) is 23.5. The van der Waals surface area contributed by atoms with Gasteiger partial charge in [-0.2, -0.15) is 0 Å². The van der Waals surface area contributed by atoms with Crippen LogP contribution in [0.5, 0.6) is 0 Å². The van der Waals surface area contributed by atoms with Crippen LogP contribution in [0.2, 0.25) is 0 Å². The van der Waals surface area contributed by atoms with Crippen LogP contribution in [-0.4, -0.2) is 39.7 Å². The maximum atomic E-state index is 13.5. The second-order valence-electron chi connectivity index (χ2n) is 8.65. The molecular formula is C25H25N3O3. The predicted molar refractivity (Wildman–Crippen MR) is 119 cm³/mol. The third kappa shape index (κ3) is 3.05. The molecule has 1 spiro atoms. The number of aromatic nitrogens is 1. The van der Waals surface area contributed by atoms with Gasteiger partial charge in [0.1, 0.15) is 5.54 Å². The van der Waals surface area contributed by atoms with E-state index in [1.807, 2.05) is 61.5 Å². The lowest BCUT2D eigenvalue weighted by Gasteiger charge is -2.36. The van der Waals surface area contributed by atoms with Crippen molar-refractivity contribution in [3.05, 3.63) is 60.2 Å². The Balaban J connectivity index is 1.51. The number of para-hydroxylation sites is 1. The number of carbonyl (C=O) groups excluding carboxylic acids is 3. The molecular weight excluding hydrogens is 390 g/mol. The Hall–Kier alpha value is -3.41. The fourth-order valence-corrected chi connectivity index (χ4v) is 5.11. The van der Waals surface area contributed by atoms with Gasteiger partial charge in [0.25, 0.3) is 5.91 Å². The molecule has 6 heteroatoms. The smallest absolute Gasteiger partial charge is 0.325 e. The van der Waals surface area contributed by atoms with Crippen molar-refractivity contribution in [1.29, 1.82) is 0 Å². The van der Waals surface area contributed by atoms with Crippen LogP contribution >= 0.6 is 0 Å². The van der Waals surface area contributed by atoms with Crippen molar-refractivity contribution in [2.75, 3.05) is 6.54 Å². The summed E-state index contributed by atoms with van der Waals surface area (Å²) in [4.78, 5) is 44.0. The van der Waals surface area contributed by atoms with E-state index in [1.54, 1.807) is 0 Å². The SMILES string of the molecule is C[C@H]1CCCC[C@]12NC(=O)N(CC(=O)c1c(-c3ccccc3)[nH]c3ccccc13)C2=O. The van der Waals surface area contributed by atoms with Gasteiger partial charge in [-0.3, -0.25) is 14.5 Å². The number of hydrogen-bond acceptors (Lipinski definition) is 3. The zero-order valence-electron chi connectivity index (χ0n) is 17.5. The molecule has 3 amide bonds. The summed E-state index contributed by atoms with van der Waals surface area (Å²) >= 11 is 0. The van der Waals surface area contributed by atoms with Crippen LogP contribution in [0.4, 0.5) is 4.79 Å². The van der Waals surface area contributed by atoms with Gasteiger partial charge in [-0.1, -0.05) is 68.3 Å². The molecule has 2 aromatic carbocycles. The van der Waals surface area contributed by atoms with Crippen LogP contribution in [0.15, 0.2) is 54.6 Å². The summed E-state index contributed by atoms with van der Waals surface area (Å²) in [7, 11) is 0. The predicted octanol–water partition coefficient (Wildman–Crippen LogP) is 4.52. The lowest BCUT2D eigenvalue weighted by atomic mass is 9.73. The summed E-state index contributed by atoms with van der Waals surface area (Å²) < 4.78 is 0. The Morgan fingerprint density at radius 1 is 1.06 bits per heavy atom. The molecule has 0 unspecified atom stereocenters. The third-order valence-electron chi connectivity index (χ3n) is 6.85. The zero-order chi connectivity index (χ0) is 21.6. The highest BCUT2D eigenvalue weighted by Gasteiger charge is 2.55. The molecule has 0 bridgehead atoms. The summed E-state index contributed by atoms with van der Waals surface area (Å²) in [6.07, 6.45) is 3.49. The Bertz CT molecular complexity index is 1180. The van der Waals surface area contributed by atoms with E-state index in [0.717, 1.165) is 40.6 Å². The van der Waals surface area contributed by atoms with Crippen molar-refractivity contribution < 1.29 is 14.4 Å². The molecule has 2 atom stereocenters. The average molecular weight is 415 g/mol. The molecule has 3 aromatic rings. The van der Waals surface area contributed by atoms with Crippen LogP contribution in [0.3, 0.4) is 0 Å². The van der Waals surface area contributed by atoms with E-state index in [0.29, 0.717) is 17.7 Å². The molecule has 2 heterocycles. The van der Waals surface area contributed by atoms with Crippen molar-refractivity contribution in [1.82, 2.24) is 15.2 Å². The van der Waals surface area contributed by atoms with E-state index in [2.05, 4.69) is 10.3 Å². The first-order valence-corrected chi connectivity index (χ1v) is 10.8. The first-order valence-electron chi connectivity index (χ1n) is 10.8. The highest BCUT2D eigenvalue weighted by molar-refractivity contribution is 6.17. The van der Waals surface area contributed by atoms with E-state index in [9.17, 15) is 14.4 Å². The summed E-state index contributed by atoms with van der Waals surface area (Å²) in [6, 6.07) is 16.8. The first-order chi connectivity index (χ1) is 15.0. The van der Waals surface area contributed by atoms with Gasteiger partial charge in [-0.15, -0.1) is 0 Å². The number of Topliss-reactive ketones (excluding diaryl/α,β-unsaturated/α-hetero) is 1. The zero-order valence-corrected chi connectivity index (χ0v) is 17.5. The van der Waals surface area contributed by atoms with Gasteiger partial charge >= 0.3 is 6.03 Å². The lowest BCUT2D eigenvalue weighted by Crippen LogP contribution is -2.54. The summed E-state index contributed by atoms with van der Waals surface area (Å²) in [5.41, 5.74) is 2.09. The van der Waals surface area contributed by atoms with Crippen molar-refractivity contribution in [3.8, 4) is 11.3 Å². The molecule has 2 fully saturated rings. The fraction of sp³-hybridized carbons (Fsp3) is 0.320. The second-order valence-corrected chi connectivity index (χ2v) is 8.65. The quantitative estimate of drug-likeness (QED) is 0.486. The second kappa shape index (κ2) is 7.38. The molecule has 5 rings (SSSR count). The standard InChI is InChI=1S/C25H25N3O3/c1-16-9-7-8-14-25(16)23(30)28(24(31)27-25)15-20(29)21-18-12-5-6-13-19(18)26-22(21)17-10-3-2-4-11-17/h2-6,10-13,16,26H,7-9,14-15H2,1H3,(H,27,31)/t16-,25-/m0/s1. The van der Waals surface area contributed by atoms with Crippen molar-refractivity contribution in [2.24, 2.45) is 5.92 Å². The largest absolute Gasteiger partial charge is 0.354 e. The molecule has 1 aromatic heterocycles. The minimum atomic E-state index is -0.863. The van der Waals surface area contributed by atoms with Gasteiger partial charge in [0.15, 0.2) is 5.78 Å². The van der Waals surface area contributed by atoms with Crippen LogP contribution in [0.25, 0.3) is 22.2 Å². The number of nitrogens with zero attached hydrogens (tertiary/aromatic N) is 1. The number of hydrogen-bond donors (Lipinski definition) is 2. The average Bonchev–Trinajstić information content (AvgIpc) is 3.28. The number of nitrogens with one attached hydrogen (secondary N) is 2. The number of amides is 3. The first kappa shape index (κ1) is 19.5. The summed E-state index contributed by atoms with van der Waals surface area (Å²) in [6.45, 7) is 1.75. The van der Waals surface area contributed by atoms with Crippen molar-refractivity contribution >= 4 is 28.6 Å². The Morgan fingerprint density at radius 3 is 2.58 bits per heavy atom. The molecule has 158 valence electrons. The van der Waals surface area contributed by atoms with Gasteiger partial charge in [0.2, 0.25) is 0 Å². The number of benzene rings is 2. The third-order valence-corrected chi connectivity index (χ3v) is 6.85. The molecule has 6 nitrogen and oxygen atoms in total. The fourth-order valence-electron chi connectivity index (χ4n) is 5.11. The van der Waals surface area contributed by atoms with E-state index < -0.39 is 11.6 Å². The van der Waals surface area contributed by atoms with Gasteiger partial charge < -0.3 is 10.3 Å². The van der Waals surface area contributed by atoms with E-state index >= 15 is 0 Å². The highest BCUT2D eigenvalue weighted by Crippen LogP contribution is 2.38.